The molecular formula is C14H24Br2N2. The zero-order valence-electron chi connectivity index (χ0n) is 11.9. The summed E-state index contributed by atoms with van der Waals surface area (Å²) in [5.41, 5.74) is 2.85. The molecule has 0 aliphatic carbocycles. The standard InChI is InChI=1S/C14H24Br2N2/c1-5-8-14(4,10-15)9-12-13(16)11(6-2)17-18(12)7-3/h5-10H2,1-4H3. The first-order valence-corrected chi connectivity index (χ1v) is 8.72. The van der Waals surface area contributed by atoms with Gasteiger partial charge in [-0.1, -0.05) is 43.1 Å². The average Bonchev–Trinajstić information content (AvgIpc) is 2.66. The SMILES string of the molecule is CCCC(C)(CBr)Cc1c(Br)c(CC)nn1CC. The molecular weight excluding hydrogens is 356 g/mol. The largest absolute Gasteiger partial charge is 0.268 e. The first-order chi connectivity index (χ1) is 8.51. The van der Waals surface area contributed by atoms with Gasteiger partial charge in [0.1, 0.15) is 0 Å². The summed E-state index contributed by atoms with van der Waals surface area (Å²) >= 11 is 7.42. The van der Waals surface area contributed by atoms with Gasteiger partial charge in [-0.05, 0) is 47.5 Å². The normalized spacial score (nSPS) is 14.8. The lowest BCUT2D eigenvalue weighted by Gasteiger charge is -2.27. The fourth-order valence-corrected chi connectivity index (χ4v) is 3.58. The third-order valence-corrected chi connectivity index (χ3v) is 5.73. The third-order valence-electron chi connectivity index (χ3n) is 3.46. The number of aryl methyl sites for hydroxylation is 2. The van der Waals surface area contributed by atoms with Crippen LogP contribution in [0.5, 0.6) is 0 Å². The molecule has 1 atom stereocenters. The lowest BCUT2D eigenvalue weighted by atomic mass is 9.83. The second-order valence-corrected chi connectivity index (χ2v) is 6.60. The quantitative estimate of drug-likeness (QED) is 0.611. The zero-order valence-corrected chi connectivity index (χ0v) is 15.1. The van der Waals surface area contributed by atoms with Crippen molar-refractivity contribution in [1.82, 2.24) is 9.78 Å². The van der Waals surface area contributed by atoms with E-state index in [2.05, 4.69) is 69.3 Å². The number of hydrogen-bond acceptors (Lipinski definition) is 1. The van der Waals surface area contributed by atoms with Gasteiger partial charge in [-0.25, -0.2) is 0 Å². The molecule has 2 nitrogen and oxygen atoms in total. The van der Waals surface area contributed by atoms with Gasteiger partial charge in [0, 0.05) is 11.9 Å². The number of rotatable bonds is 7. The zero-order chi connectivity index (χ0) is 13.8. The highest BCUT2D eigenvalue weighted by Crippen LogP contribution is 2.34. The molecule has 0 N–H and O–H groups in total. The topological polar surface area (TPSA) is 17.8 Å². The summed E-state index contributed by atoms with van der Waals surface area (Å²) in [5.74, 6) is 0. The van der Waals surface area contributed by atoms with Crippen molar-refractivity contribution in [3.8, 4) is 0 Å². The van der Waals surface area contributed by atoms with Crippen molar-refractivity contribution < 1.29 is 0 Å². The van der Waals surface area contributed by atoms with Crippen LogP contribution < -0.4 is 0 Å². The molecule has 0 saturated heterocycles. The molecule has 1 rings (SSSR count). The van der Waals surface area contributed by atoms with E-state index in [9.17, 15) is 0 Å². The van der Waals surface area contributed by atoms with Crippen molar-refractivity contribution in [2.24, 2.45) is 5.41 Å². The van der Waals surface area contributed by atoms with E-state index in [1.807, 2.05) is 0 Å². The van der Waals surface area contributed by atoms with Gasteiger partial charge in [0.25, 0.3) is 0 Å². The van der Waals surface area contributed by atoms with E-state index >= 15 is 0 Å². The summed E-state index contributed by atoms with van der Waals surface area (Å²) in [7, 11) is 0. The second kappa shape index (κ2) is 7.09. The Hall–Kier alpha value is 0.170. The van der Waals surface area contributed by atoms with Crippen molar-refractivity contribution in [2.75, 3.05) is 5.33 Å². The Morgan fingerprint density at radius 3 is 2.39 bits per heavy atom. The molecule has 1 heterocycles. The number of halogens is 2. The molecule has 0 aliphatic rings. The maximum atomic E-state index is 4.68. The Balaban J connectivity index is 3.05. The van der Waals surface area contributed by atoms with Crippen LogP contribution in [-0.2, 0) is 19.4 Å². The van der Waals surface area contributed by atoms with E-state index in [0.717, 1.165) is 24.7 Å². The molecule has 104 valence electrons. The summed E-state index contributed by atoms with van der Waals surface area (Å²) < 4.78 is 3.37. The number of nitrogens with zero attached hydrogens (tertiary/aromatic N) is 2. The number of aromatic nitrogens is 2. The average molecular weight is 380 g/mol. The molecule has 1 aromatic heterocycles. The van der Waals surface area contributed by atoms with E-state index in [1.165, 1.54) is 28.7 Å². The molecule has 0 fully saturated rings. The predicted molar refractivity (Wildman–Crippen MR) is 85.5 cm³/mol. The summed E-state index contributed by atoms with van der Waals surface area (Å²) in [6.45, 7) is 9.87. The first kappa shape index (κ1) is 16.2. The molecule has 0 aromatic carbocycles. The molecule has 4 heteroatoms. The minimum absolute atomic E-state index is 0.315. The third kappa shape index (κ3) is 3.60. The van der Waals surface area contributed by atoms with Gasteiger partial charge in [0.2, 0.25) is 0 Å². The van der Waals surface area contributed by atoms with Crippen LogP contribution >= 0.6 is 31.9 Å². The summed E-state index contributed by atoms with van der Waals surface area (Å²) in [4.78, 5) is 0. The van der Waals surface area contributed by atoms with Crippen LogP contribution in [0.4, 0.5) is 0 Å². The smallest absolute Gasteiger partial charge is 0.0766 e. The molecule has 1 aromatic rings. The van der Waals surface area contributed by atoms with Crippen LogP contribution in [0.3, 0.4) is 0 Å². The maximum Gasteiger partial charge on any atom is 0.0766 e. The summed E-state index contributed by atoms with van der Waals surface area (Å²) in [5, 5.41) is 5.72. The Labute approximate surface area is 128 Å². The lowest BCUT2D eigenvalue weighted by Crippen LogP contribution is -2.23. The molecule has 0 amide bonds. The molecule has 0 spiro atoms. The number of hydrogen-bond donors (Lipinski definition) is 0. The van der Waals surface area contributed by atoms with Crippen molar-refractivity contribution in [3.63, 3.8) is 0 Å². The van der Waals surface area contributed by atoms with Gasteiger partial charge < -0.3 is 0 Å². The van der Waals surface area contributed by atoms with Crippen molar-refractivity contribution in [2.45, 2.75) is 59.9 Å². The van der Waals surface area contributed by atoms with Gasteiger partial charge in [0.15, 0.2) is 0 Å². The first-order valence-electron chi connectivity index (χ1n) is 6.81. The van der Waals surface area contributed by atoms with Crippen molar-refractivity contribution in [3.05, 3.63) is 15.9 Å². The van der Waals surface area contributed by atoms with Gasteiger partial charge in [-0.2, -0.15) is 5.10 Å². The monoisotopic (exact) mass is 378 g/mol. The predicted octanol–water partition coefficient (Wildman–Crippen LogP) is 4.97. The molecule has 0 aliphatic heterocycles. The van der Waals surface area contributed by atoms with E-state index < -0.39 is 0 Å². The van der Waals surface area contributed by atoms with Crippen LogP contribution in [0, 0.1) is 5.41 Å². The molecule has 1 unspecified atom stereocenters. The van der Waals surface area contributed by atoms with Gasteiger partial charge in [0.05, 0.1) is 15.9 Å². The Kier molecular flexibility index (Phi) is 6.39. The van der Waals surface area contributed by atoms with Crippen molar-refractivity contribution in [1.29, 1.82) is 0 Å². The van der Waals surface area contributed by atoms with E-state index in [1.54, 1.807) is 0 Å². The van der Waals surface area contributed by atoms with E-state index in [4.69, 9.17) is 0 Å². The van der Waals surface area contributed by atoms with Gasteiger partial charge >= 0.3 is 0 Å². The molecule has 0 saturated carbocycles. The Morgan fingerprint density at radius 2 is 1.94 bits per heavy atom. The minimum atomic E-state index is 0.315. The van der Waals surface area contributed by atoms with Crippen LogP contribution in [0.15, 0.2) is 4.47 Å². The summed E-state index contributed by atoms with van der Waals surface area (Å²) in [6.07, 6.45) is 4.52. The maximum absolute atomic E-state index is 4.68. The highest BCUT2D eigenvalue weighted by atomic mass is 79.9. The lowest BCUT2D eigenvalue weighted by molar-refractivity contribution is 0.329. The number of alkyl halides is 1. The second-order valence-electron chi connectivity index (χ2n) is 5.25. The van der Waals surface area contributed by atoms with E-state index in [-0.39, 0.29) is 0 Å². The van der Waals surface area contributed by atoms with Gasteiger partial charge in [-0.3, -0.25) is 4.68 Å². The van der Waals surface area contributed by atoms with Crippen LogP contribution in [-0.4, -0.2) is 15.1 Å². The fourth-order valence-electron chi connectivity index (χ4n) is 2.40. The summed E-state index contributed by atoms with van der Waals surface area (Å²) in [6, 6.07) is 0. The van der Waals surface area contributed by atoms with Crippen LogP contribution in [0.1, 0.15) is 51.9 Å². The Morgan fingerprint density at radius 1 is 1.28 bits per heavy atom. The van der Waals surface area contributed by atoms with Gasteiger partial charge in [-0.15, -0.1) is 0 Å². The van der Waals surface area contributed by atoms with E-state index in [0.29, 0.717) is 5.41 Å². The highest BCUT2D eigenvalue weighted by Gasteiger charge is 2.26. The highest BCUT2D eigenvalue weighted by molar-refractivity contribution is 9.10. The molecule has 0 bridgehead atoms. The Bertz CT molecular complexity index is 387. The molecule has 0 radical (unpaired) electrons. The fraction of sp³-hybridized carbons (Fsp3) is 0.786. The molecule has 18 heavy (non-hydrogen) atoms. The minimum Gasteiger partial charge on any atom is -0.268 e. The van der Waals surface area contributed by atoms with Crippen LogP contribution in [0.2, 0.25) is 0 Å². The van der Waals surface area contributed by atoms with Crippen LogP contribution in [0.25, 0.3) is 0 Å². The van der Waals surface area contributed by atoms with Crippen molar-refractivity contribution >= 4 is 31.9 Å².